The molecule has 16 atom stereocenters. The SMILES string of the molecule is CNC(C)[C@H]1CCC(NC(=O)C(N)CCCN=C(N)N)[C@H](O[C@@H]2[C@H](O)[C@H](O[C@@H]3OC[C@@](C)(O)[C@@H](NC)[C@H]3O)[C@@H](NC(=O)C(N)CCCN=C(N)N)C[C@H]2NC(=O)C(N)CCCN=C(N)N)O1. The summed E-state index contributed by atoms with van der Waals surface area (Å²) in [6.45, 7) is 3.81. The van der Waals surface area contributed by atoms with Crippen molar-refractivity contribution in [3.05, 3.63) is 0 Å². The third-order valence-electron chi connectivity index (χ3n) is 12.0. The van der Waals surface area contributed by atoms with Crippen LogP contribution in [0.5, 0.6) is 0 Å². The van der Waals surface area contributed by atoms with Gasteiger partial charge in [0.1, 0.15) is 30.0 Å². The number of nitrogens with one attached hydrogen (secondary N) is 5. The van der Waals surface area contributed by atoms with Gasteiger partial charge >= 0.3 is 0 Å². The zero-order valence-electron chi connectivity index (χ0n) is 38.6. The number of aliphatic imine (C=N–C) groups is 3. The highest BCUT2D eigenvalue weighted by Crippen LogP contribution is 2.34. The predicted octanol–water partition coefficient (Wildman–Crippen LogP) is -7.71. The van der Waals surface area contributed by atoms with Crippen LogP contribution in [0.4, 0.5) is 0 Å². The molecule has 27 heteroatoms. The van der Waals surface area contributed by atoms with Crippen LogP contribution in [-0.4, -0.2) is 188 Å². The smallest absolute Gasteiger partial charge is 0.237 e. The predicted molar refractivity (Wildman–Crippen MR) is 245 cm³/mol. The molecule has 3 amide bonds. The molecule has 27 nitrogen and oxygen atoms in total. The molecule has 0 spiro atoms. The maximum atomic E-state index is 13.9. The molecule has 380 valence electrons. The van der Waals surface area contributed by atoms with Crippen molar-refractivity contribution in [2.24, 2.45) is 66.6 Å². The van der Waals surface area contributed by atoms with Gasteiger partial charge in [-0.1, -0.05) is 0 Å². The summed E-state index contributed by atoms with van der Waals surface area (Å²) in [7, 11) is 3.31. The number of ether oxygens (including phenoxy) is 4. The second kappa shape index (κ2) is 26.9. The van der Waals surface area contributed by atoms with Crippen LogP contribution in [0.15, 0.2) is 15.0 Å². The molecule has 0 aromatic heterocycles. The fourth-order valence-corrected chi connectivity index (χ4v) is 8.17. The van der Waals surface area contributed by atoms with Gasteiger partial charge in [0, 0.05) is 25.7 Å². The monoisotopic (exact) mass is 946 g/mol. The van der Waals surface area contributed by atoms with E-state index in [1.54, 1.807) is 14.1 Å². The molecule has 0 aromatic carbocycles. The Morgan fingerprint density at radius 2 is 1.12 bits per heavy atom. The van der Waals surface area contributed by atoms with Crippen LogP contribution >= 0.6 is 0 Å². The van der Waals surface area contributed by atoms with Crippen LogP contribution in [0.3, 0.4) is 0 Å². The fourth-order valence-electron chi connectivity index (χ4n) is 8.17. The van der Waals surface area contributed by atoms with Crippen LogP contribution < -0.4 is 78.2 Å². The first kappa shape index (κ1) is 56.1. The van der Waals surface area contributed by atoms with E-state index in [0.717, 1.165) is 0 Å². The van der Waals surface area contributed by atoms with E-state index >= 15 is 0 Å². The Kier molecular flexibility index (Phi) is 22.9. The van der Waals surface area contributed by atoms with E-state index < -0.39 is 109 Å². The Bertz CT molecular complexity index is 1620. The number of carbonyl (C=O) groups excluding carboxylic acids is 3. The van der Waals surface area contributed by atoms with Gasteiger partial charge in [-0.2, -0.15) is 0 Å². The molecule has 2 aliphatic heterocycles. The van der Waals surface area contributed by atoms with E-state index in [1.165, 1.54) is 6.92 Å². The summed E-state index contributed by atoms with van der Waals surface area (Å²) in [5, 5.41) is 49.7. The van der Waals surface area contributed by atoms with E-state index in [9.17, 15) is 29.7 Å². The van der Waals surface area contributed by atoms with Crippen molar-refractivity contribution in [2.75, 3.05) is 40.3 Å². The Hall–Kier alpha value is -4.26. The number of hydrogen-bond acceptors (Lipinski definition) is 18. The summed E-state index contributed by atoms with van der Waals surface area (Å²) >= 11 is 0. The van der Waals surface area contributed by atoms with Crippen LogP contribution in [0.2, 0.25) is 0 Å². The van der Waals surface area contributed by atoms with Gasteiger partial charge in [-0.25, -0.2) is 0 Å². The topological polar surface area (TPSA) is 480 Å². The fraction of sp³-hybridized carbons (Fsp3) is 0.846. The molecule has 3 aliphatic rings. The van der Waals surface area contributed by atoms with Gasteiger partial charge < -0.3 is 112 Å². The van der Waals surface area contributed by atoms with E-state index in [0.29, 0.717) is 32.1 Å². The molecule has 3 rings (SSSR count). The van der Waals surface area contributed by atoms with Gasteiger partial charge in [0.25, 0.3) is 0 Å². The Labute approximate surface area is 385 Å². The number of aliphatic hydroxyl groups is 3. The van der Waals surface area contributed by atoms with Crippen LogP contribution in [0, 0.1) is 0 Å². The third-order valence-corrected chi connectivity index (χ3v) is 12.0. The van der Waals surface area contributed by atoms with Crippen molar-refractivity contribution in [1.29, 1.82) is 0 Å². The van der Waals surface area contributed by atoms with E-state index in [2.05, 4.69) is 41.6 Å². The highest BCUT2D eigenvalue weighted by Gasteiger charge is 2.53. The molecule has 2 heterocycles. The Morgan fingerprint density at radius 3 is 1.53 bits per heavy atom. The minimum atomic E-state index is -1.73. The number of likely N-dealkylation sites (N-methyl/N-ethyl adjacent to an activating group) is 2. The van der Waals surface area contributed by atoms with Gasteiger partial charge in [0.2, 0.25) is 17.7 Å². The molecule has 1 saturated carbocycles. The molecule has 0 aromatic rings. The molecule has 2 saturated heterocycles. The highest BCUT2D eigenvalue weighted by atomic mass is 16.7. The third kappa shape index (κ3) is 17.1. The lowest BCUT2D eigenvalue weighted by molar-refractivity contribution is -0.309. The molecular weight excluding hydrogens is 867 g/mol. The molecule has 1 aliphatic carbocycles. The van der Waals surface area contributed by atoms with Gasteiger partial charge in [-0.05, 0) is 85.7 Å². The van der Waals surface area contributed by atoms with Crippen molar-refractivity contribution >= 4 is 35.6 Å². The summed E-state index contributed by atoms with van der Waals surface area (Å²) in [5.41, 5.74) is 50.1. The van der Waals surface area contributed by atoms with Crippen LogP contribution in [-0.2, 0) is 33.3 Å². The van der Waals surface area contributed by atoms with Gasteiger partial charge in [-0.15, -0.1) is 0 Å². The highest BCUT2D eigenvalue weighted by molar-refractivity contribution is 5.83. The summed E-state index contributed by atoms with van der Waals surface area (Å²) in [6, 6.07) is -7.25. The van der Waals surface area contributed by atoms with Crippen molar-refractivity contribution in [1.82, 2.24) is 26.6 Å². The van der Waals surface area contributed by atoms with Crippen molar-refractivity contribution in [3.63, 3.8) is 0 Å². The van der Waals surface area contributed by atoms with E-state index in [4.69, 9.17) is 70.6 Å². The lowest BCUT2D eigenvalue weighted by atomic mass is 9.82. The minimum absolute atomic E-state index is 0.0828. The molecule has 5 unspecified atom stereocenters. The molecule has 0 radical (unpaired) electrons. The second-order valence-electron chi connectivity index (χ2n) is 17.4. The first-order valence-corrected chi connectivity index (χ1v) is 22.4. The van der Waals surface area contributed by atoms with Gasteiger partial charge in [0.05, 0.1) is 55.0 Å². The summed E-state index contributed by atoms with van der Waals surface area (Å²) in [6.07, 6.45) is -6.69. The van der Waals surface area contributed by atoms with Crippen molar-refractivity contribution in [2.45, 2.75) is 169 Å². The normalized spacial score (nSPS) is 31.8. The van der Waals surface area contributed by atoms with Crippen molar-refractivity contribution < 1.29 is 48.7 Å². The number of rotatable bonds is 25. The second-order valence-corrected chi connectivity index (χ2v) is 17.4. The maximum Gasteiger partial charge on any atom is 0.237 e. The number of guanidine groups is 3. The zero-order valence-corrected chi connectivity index (χ0v) is 38.6. The number of nitrogens with zero attached hydrogens (tertiary/aromatic N) is 3. The van der Waals surface area contributed by atoms with Crippen molar-refractivity contribution in [3.8, 4) is 0 Å². The van der Waals surface area contributed by atoms with Gasteiger partial charge in [0.15, 0.2) is 30.5 Å². The average molecular weight is 946 g/mol. The lowest BCUT2D eigenvalue weighted by Crippen LogP contribution is -2.71. The molecular formula is C39H79N17O10. The number of carbonyl (C=O) groups is 3. The lowest BCUT2D eigenvalue weighted by Gasteiger charge is -2.50. The van der Waals surface area contributed by atoms with E-state index in [-0.39, 0.29) is 75.8 Å². The molecule has 3 fully saturated rings. The number of hydrogen-bond donors (Lipinski definition) is 17. The summed E-state index contributed by atoms with van der Waals surface area (Å²) in [5.74, 6) is -2.07. The molecule has 26 N–H and O–H groups in total. The number of nitrogens with two attached hydrogens (primary N) is 9. The Morgan fingerprint density at radius 1 is 0.697 bits per heavy atom. The number of amides is 3. The zero-order chi connectivity index (χ0) is 49.3. The maximum absolute atomic E-state index is 13.9. The largest absolute Gasteiger partial charge is 0.388 e. The average Bonchev–Trinajstić information content (AvgIpc) is 3.25. The summed E-state index contributed by atoms with van der Waals surface area (Å²) in [4.78, 5) is 53.0. The standard InChI is InChI=1S/C39H79N17O10/c1-18(49-3)25-12-11-22(54-31(59)19(40)8-5-13-51-36(43)44)34(64-25)65-28-23(55-32(60)20(41)9-6-14-52-37(45)46)16-24(56-33(61)21(42)10-7-15-53-38(47)48)29(26(28)57)66-35-27(58)30(50-4)39(2,62)17-63-35/h18-30,34-35,49-50,57-58,62H,5-17,40-42H2,1-4H3,(H,54,59)(H,55,60)(H,56,61)(H4,43,44,51)(H4,45,46,52)(H4,47,48,53)/t18?,19?,20?,21?,22?,23-,24+,25-,26+,27-,28+,29-,30+,34+,35+,39-/m1/s1. The molecule has 66 heavy (non-hydrogen) atoms. The van der Waals surface area contributed by atoms with Gasteiger partial charge in [-0.3, -0.25) is 29.4 Å². The number of aliphatic hydroxyl groups excluding tert-OH is 2. The first-order chi connectivity index (χ1) is 31.1. The van der Waals surface area contributed by atoms with E-state index in [1.807, 2.05) is 6.92 Å². The Balaban J connectivity index is 2.05. The first-order valence-electron chi connectivity index (χ1n) is 22.4. The summed E-state index contributed by atoms with van der Waals surface area (Å²) < 4.78 is 25.4. The van der Waals surface area contributed by atoms with Crippen LogP contribution in [0.1, 0.15) is 71.6 Å². The van der Waals surface area contributed by atoms with Crippen LogP contribution in [0.25, 0.3) is 0 Å². The molecule has 0 bridgehead atoms. The quantitative estimate of drug-likeness (QED) is 0.0230. The minimum Gasteiger partial charge on any atom is -0.388 e.